The first-order valence-electron chi connectivity index (χ1n) is 12.0. The lowest BCUT2D eigenvalue weighted by Crippen LogP contribution is -1.98. The first-order valence-corrected chi connectivity index (χ1v) is 12.0. The molecule has 2 aromatic rings. The second kappa shape index (κ2) is 13.7. The number of aromatic hydroxyl groups is 2. The smallest absolute Gasteiger partial charge is 0.124 e. The van der Waals surface area contributed by atoms with Gasteiger partial charge in [0.25, 0.3) is 0 Å². The molecule has 2 rings (SSSR count). The van der Waals surface area contributed by atoms with Gasteiger partial charge in [-0.15, -0.1) is 0 Å². The van der Waals surface area contributed by atoms with Gasteiger partial charge in [0, 0.05) is 35.6 Å². The van der Waals surface area contributed by atoms with Gasteiger partial charge in [0.15, 0.2) is 0 Å². The maximum atomic E-state index is 9.98. The molecule has 0 aliphatic heterocycles. The molecule has 0 aliphatic carbocycles. The van der Waals surface area contributed by atoms with Crippen LogP contribution in [-0.4, -0.2) is 34.7 Å². The molecule has 2 aromatic carbocycles. The van der Waals surface area contributed by atoms with Gasteiger partial charge < -0.3 is 10.2 Å². The Morgan fingerprint density at radius 2 is 0.938 bits per heavy atom. The summed E-state index contributed by atoms with van der Waals surface area (Å²) >= 11 is 0. The summed E-state index contributed by atoms with van der Waals surface area (Å²) in [4.78, 5) is 9.28. The minimum Gasteiger partial charge on any atom is -0.507 e. The van der Waals surface area contributed by atoms with Gasteiger partial charge in [-0.05, 0) is 64.8 Å². The molecule has 0 unspecified atom stereocenters. The van der Waals surface area contributed by atoms with Crippen molar-refractivity contribution in [3.8, 4) is 11.5 Å². The van der Waals surface area contributed by atoms with Crippen molar-refractivity contribution < 1.29 is 10.2 Å². The Kier molecular flexibility index (Phi) is 11.0. The van der Waals surface area contributed by atoms with Gasteiger partial charge in [-0.1, -0.05) is 61.8 Å². The molecule has 0 amide bonds. The molecule has 0 saturated heterocycles. The Morgan fingerprint density at radius 3 is 1.31 bits per heavy atom. The summed E-state index contributed by atoms with van der Waals surface area (Å²) in [7, 11) is 0. The summed E-state index contributed by atoms with van der Waals surface area (Å²) in [6, 6.07) is 11.3. The average molecular weight is 437 g/mol. The Labute approximate surface area is 194 Å². The van der Waals surface area contributed by atoms with Gasteiger partial charge in [-0.3, -0.25) is 9.98 Å². The second-order valence-electron chi connectivity index (χ2n) is 8.80. The van der Waals surface area contributed by atoms with Crippen molar-refractivity contribution in [1.82, 2.24) is 0 Å². The molecule has 0 saturated carbocycles. The number of phenolic OH excluding ortho intramolecular Hbond substituents is 2. The quantitative estimate of drug-likeness (QED) is 0.258. The SMILES string of the molecule is C/C(=N/CCCCCCCCCC/N=C(/C)c1cc(C)ccc1O)c1cc(C)ccc1O. The molecule has 0 aliphatic rings. The fourth-order valence-electron chi connectivity index (χ4n) is 3.83. The standard InChI is InChI=1S/C28H40N2O2/c1-21-13-15-27(31)25(19-21)23(3)29-17-11-9-7-5-6-8-10-12-18-30-24(4)26-20-22(2)14-16-28(26)32/h13-16,19-20,31-32H,5-12,17-18H2,1-4H3/b29-23-,30-24-. The predicted molar refractivity (Wildman–Crippen MR) is 137 cm³/mol. The normalized spacial score (nSPS) is 12.4. The Hall–Kier alpha value is -2.62. The monoisotopic (exact) mass is 436 g/mol. The molecular weight excluding hydrogens is 396 g/mol. The number of nitrogens with zero attached hydrogens (tertiary/aromatic N) is 2. The Balaban J connectivity index is 1.52. The van der Waals surface area contributed by atoms with Crippen molar-refractivity contribution in [2.45, 2.75) is 79.1 Å². The van der Waals surface area contributed by atoms with Crippen LogP contribution in [0, 0.1) is 13.8 Å². The third-order valence-corrected chi connectivity index (χ3v) is 5.85. The van der Waals surface area contributed by atoms with Gasteiger partial charge in [-0.25, -0.2) is 0 Å². The number of rotatable bonds is 13. The highest BCUT2D eigenvalue weighted by molar-refractivity contribution is 6.01. The number of hydrogen-bond acceptors (Lipinski definition) is 4. The van der Waals surface area contributed by atoms with E-state index in [-0.39, 0.29) is 0 Å². The van der Waals surface area contributed by atoms with Crippen molar-refractivity contribution >= 4 is 11.4 Å². The van der Waals surface area contributed by atoms with E-state index in [9.17, 15) is 10.2 Å². The number of hydrogen-bond donors (Lipinski definition) is 2. The van der Waals surface area contributed by atoms with Crippen molar-refractivity contribution in [1.29, 1.82) is 0 Å². The summed E-state index contributed by atoms with van der Waals surface area (Å²) in [6.45, 7) is 9.66. The highest BCUT2D eigenvalue weighted by Crippen LogP contribution is 2.20. The zero-order valence-corrected chi connectivity index (χ0v) is 20.3. The molecule has 0 bridgehead atoms. The van der Waals surface area contributed by atoms with E-state index < -0.39 is 0 Å². The summed E-state index contributed by atoms with van der Waals surface area (Å²) < 4.78 is 0. The lowest BCUT2D eigenvalue weighted by Gasteiger charge is -2.06. The Bertz CT molecular complexity index is 840. The van der Waals surface area contributed by atoms with E-state index in [0.717, 1.165) is 59.6 Å². The van der Waals surface area contributed by atoms with Crippen LogP contribution in [0.15, 0.2) is 46.4 Å². The minimum atomic E-state index is 0.311. The molecule has 32 heavy (non-hydrogen) atoms. The summed E-state index contributed by atoms with van der Waals surface area (Å²) in [5, 5.41) is 20.0. The number of phenols is 2. The van der Waals surface area contributed by atoms with Crippen molar-refractivity contribution in [2.24, 2.45) is 9.98 Å². The maximum absolute atomic E-state index is 9.98. The maximum Gasteiger partial charge on any atom is 0.124 e. The third kappa shape index (κ3) is 8.86. The molecule has 2 N–H and O–H groups in total. The zero-order chi connectivity index (χ0) is 23.3. The van der Waals surface area contributed by atoms with Crippen LogP contribution in [0.3, 0.4) is 0 Å². The van der Waals surface area contributed by atoms with Gasteiger partial charge in [0.05, 0.1) is 0 Å². The van der Waals surface area contributed by atoms with Crippen LogP contribution in [0.25, 0.3) is 0 Å². The number of unbranched alkanes of at least 4 members (excludes halogenated alkanes) is 7. The third-order valence-electron chi connectivity index (χ3n) is 5.85. The highest BCUT2D eigenvalue weighted by atomic mass is 16.3. The number of benzene rings is 2. The van der Waals surface area contributed by atoms with E-state index in [4.69, 9.17) is 0 Å². The van der Waals surface area contributed by atoms with Crippen LogP contribution < -0.4 is 0 Å². The summed E-state index contributed by atoms with van der Waals surface area (Å²) in [5.41, 5.74) is 5.81. The summed E-state index contributed by atoms with van der Waals surface area (Å²) in [5.74, 6) is 0.622. The van der Waals surface area contributed by atoms with Crippen LogP contribution in [0.1, 0.15) is 87.5 Å². The largest absolute Gasteiger partial charge is 0.507 e. The van der Waals surface area contributed by atoms with Crippen LogP contribution in [0.2, 0.25) is 0 Å². The first-order chi connectivity index (χ1) is 15.4. The predicted octanol–water partition coefficient (Wildman–Crippen LogP) is 7.15. The molecule has 0 aromatic heterocycles. The fraction of sp³-hybridized carbons (Fsp3) is 0.500. The molecular formula is C28H40N2O2. The second-order valence-corrected chi connectivity index (χ2v) is 8.80. The molecule has 0 atom stereocenters. The van der Waals surface area contributed by atoms with Gasteiger partial charge in [0.1, 0.15) is 11.5 Å². The Morgan fingerprint density at radius 1 is 0.594 bits per heavy atom. The van der Waals surface area contributed by atoms with E-state index in [1.807, 2.05) is 52.0 Å². The lowest BCUT2D eigenvalue weighted by atomic mass is 10.1. The van der Waals surface area contributed by atoms with Crippen LogP contribution in [0.5, 0.6) is 11.5 Å². The number of aryl methyl sites for hydroxylation is 2. The minimum absolute atomic E-state index is 0.311. The zero-order valence-electron chi connectivity index (χ0n) is 20.3. The van der Waals surface area contributed by atoms with E-state index in [1.165, 1.54) is 38.5 Å². The molecule has 0 spiro atoms. The molecule has 4 nitrogen and oxygen atoms in total. The van der Waals surface area contributed by atoms with E-state index >= 15 is 0 Å². The average Bonchev–Trinajstić information content (AvgIpc) is 2.77. The van der Waals surface area contributed by atoms with E-state index in [2.05, 4.69) is 9.98 Å². The molecule has 4 heteroatoms. The first kappa shape index (κ1) is 25.6. The van der Waals surface area contributed by atoms with Gasteiger partial charge >= 0.3 is 0 Å². The van der Waals surface area contributed by atoms with Gasteiger partial charge in [0.2, 0.25) is 0 Å². The lowest BCUT2D eigenvalue weighted by molar-refractivity contribution is 0.473. The summed E-state index contributed by atoms with van der Waals surface area (Å²) in [6.07, 6.45) is 9.69. The molecule has 0 heterocycles. The van der Waals surface area contributed by atoms with Crippen LogP contribution in [-0.2, 0) is 0 Å². The van der Waals surface area contributed by atoms with E-state index in [1.54, 1.807) is 12.1 Å². The topological polar surface area (TPSA) is 65.2 Å². The van der Waals surface area contributed by atoms with Gasteiger partial charge in [-0.2, -0.15) is 0 Å². The van der Waals surface area contributed by atoms with Crippen molar-refractivity contribution in [3.05, 3.63) is 58.7 Å². The highest BCUT2D eigenvalue weighted by Gasteiger charge is 2.05. The molecule has 0 fully saturated rings. The fourth-order valence-corrected chi connectivity index (χ4v) is 3.83. The molecule has 0 radical (unpaired) electrons. The van der Waals surface area contributed by atoms with Crippen LogP contribution in [0.4, 0.5) is 0 Å². The van der Waals surface area contributed by atoms with Crippen LogP contribution >= 0.6 is 0 Å². The van der Waals surface area contributed by atoms with Crippen molar-refractivity contribution in [2.75, 3.05) is 13.1 Å². The van der Waals surface area contributed by atoms with Crippen molar-refractivity contribution in [3.63, 3.8) is 0 Å². The number of aliphatic imine (C=N–C) groups is 2. The van der Waals surface area contributed by atoms with E-state index in [0.29, 0.717) is 11.5 Å². The molecule has 174 valence electrons.